The molecular weight excluding hydrogens is 240 g/mol. The van der Waals surface area contributed by atoms with E-state index in [2.05, 4.69) is 10.6 Å². The Bertz CT molecular complexity index is 467. The van der Waals surface area contributed by atoms with E-state index in [1.807, 2.05) is 18.2 Å². The second kappa shape index (κ2) is 5.72. The van der Waals surface area contributed by atoms with Crippen LogP contribution in [0.3, 0.4) is 0 Å². The first kappa shape index (κ1) is 12.6. The van der Waals surface area contributed by atoms with Gasteiger partial charge in [0.25, 0.3) is 5.91 Å². The summed E-state index contributed by atoms with van der Waals surface area (Å²) in [5, 5.41) is 6.26. The molecule has 4 heteroatoms. The Morgan fingerprint density at radius 3 is 3.05 bits per heavy atom. The SMILES string of the molecule is O=C(NCC1CCCCO1)c1ccc2c(c1)CNC2. The molecule has 3 rings (SSSR count). The second-order valence-electron chi connectivity index (χ2n) is 5.29. The highest BCUT2D eigenvalue weighted by Gasteiger charge is 2.17. The highest BCUT2D eigenvalue weighted by Crippen LogP contribution is 2.17. The van der Waals surface area contributed by atoms with Gasteiger partial charge in [0.2, 0.25) is 0 Å². The Balaban J connectivity index is 1.57. The maximum atomic E-state index is 12.1. The van der Waals surface area contributed by atoms with Crippen molar-refractivity contribution in [1.29, 1.82) is 0 Å². The average molecular weight is 260 g/mol. The summed E-state index contributed by atoms with van der Waals surface area (Å²) in [6.45, 7) is 3.22. The molecule has 0 spiro atoms. The van der Waals surface area contributed by atoms with Crippen LogP contribution in [0.25, 0.3) is 0 Å². The second-order valence-corrected chi connectivity index (χ2v) is 5.29. The summed E-state index contributed by atoms with van der Waals surface area (Å²) in [5.74, 6) is 0.00359. The van der Waals surface area contributed by atoms with Crippen LogP contribution in [0.15, 0.2) is 18.2 Å². The Hall–Kier alpha value is -1.39. The van der Waals surface area contributed by atoms with Crippen molar-refractivity contribution in [2.75, 3.05) is 13.2 Å². The van der Waals surface area contributed by atoms with Gasteiger partial charge in [-0.05, 0) is 42.5 Å². The molecule has 1 aromatic carbocycles. The maximum Gasteiger partial charge on any atom is 0.251 e. The van der Waals surface area contributed by atoms with Gasteiger partial charge in [-0.2, -0.15) is 0 Å². The van der Waals surface area contributed by atoms with Gasteiger partial charge in [0.1, 0.15) is 0 Å². The fraction of sp³-hybridized carbons (Fsp3) is 0.533. The van der Waals surface area contributed by atoms with Gasteiger partial charge >= 0.3 is 0 Å². The van der Waals surface area contributed by atoms with Gasteiger partial charge in [0, 0.05) is 31.8 Å². The summed E-state index contributed by atoms with van der Waals surface area (Å²) in [4.78, 5) is 12.1. The van der Waals surface area contributed by atoms with Crippen molar-refractivity contribution in [3.8, 4) is 0 Å². The average Bonchev–Trinajstić information content (AvgIpc) is 2.93. The number of carbonyl (C=O) groups is 1. The zero-order valence-corrected chi connectivity index (χ0v) is 11.1. The molecule has 1 amide bonds. The van der Waals surface area contributed by atoms with Crippen LogP contribution in [0, 0.1) is 0 Å². The van der Waals surface area contributed by atoms with Crippen LogP contribution in [-0.4, -0.2) is 25.2 Å². The molecule has 19 heavy (non-hydrogen) atoms. The summed E-state index contributed by atoms with van der Waals surface area (Å²) in [7, 11) is 0. The van der Waals surface area contributed by atoms with Crippen LogP contribution in [-0.2, 0) is 17.8 Å². The van der Waals surface area contributed by atoms with Gasteiger partial charge < -0.3 is 15.4 Å². The topological polar surface area (TPSA) is 50.4 Å². The number of amides is 1. The number of nitrogens with one attached hydrogen (secondary N) is 2. The van der Waals surface area contributed by atoms with Crippen molar-refractivity contribution in [2.45, 2.75) is 38.5 Å². The molecule has 0 bridgehead atoms. The maximum absolute atomic E-state index is 12.1. The Kier molecular flexibility index (Phi) is 3.80. The predicted octanol–water partition coefficient (Wildman–Crippen LogP) is 1.59. The van der Waals surface area contributed by atoms with E-state index in [1.54, 1.807) is 0 Å². The lowest BCUT2D eigenvalue weighted by atomic mass is 10.1. The first-order valence-corrected chi connectivity index (χ1v) is 7.05. The van der Waals surface area contributed by atoms with Crippen molar-refractivity contribution in [2.24, 2.45) is 0 Å². The molecule has 102 valence electrons. The summed E-state index contributed by atoms with van der Waals surface area (Å²) < 4.78 is 5.61. The molecule has 1 atom stereocenters. The van der Waals surface area contributed by atoms with Crippen LogP contribution in [0.4, 0.5) is 0 Å². The zero-order chi connectivity index (χ0) is 13.1. The van der Waals surface area contributed by atoms with Gasteiger partial charge in [0.05, 0.1) is 6.10 Å². The molecule has 0 saturated carbocycles. The summed E-state index contributed by atoms with van der Waals surface area (Å²) in [6, 6.07) is 5.94. The molecule has 2 N–H and O–H groups in total. The van der Waals surface area contributed by atoms with E-state index in [0.717, 1.165) is 38.1 Å². The summed E-state index contributed by atoms with van der Waals surface area (Å²) >= 11 is 0. The monoisotopic (exact) mass is 260 g/mol. The Morgan fingerprint density at radius 1 is 1.32 bits per heavy atom. The molecule has 2 aliphatic rings. The third-order valence-electron chi connectivity index (χ3n) is 3.86. The van der Waals surface area contributed by atoms with Gasteiger partial charge in [-0.1, -0.05) is 6.07 Å². The van der Waals surface area contributed by atoms with E-state index < -0.39 is 0 Å². The highest BCUT2D eigenvalue weighted by molar-refractivity contribution is 5.94. The van der Waals surface area contributed by atoms with Crippen molar-refractivity contribution < 1.29 is 9.53 Å². The predicted molar refractivity (Wildman–Crippen MR) is 72.9 cm³/mol. The quantitative estimate of drug-likeness (QED) is 0.867. The van der Waals surface area contributed by atoms with E-state index in [1.165, 1.54) is 17.5 Å². The van der Waals surface area contributed by atoms with Crippen LogP contribution in [0.2, 0.25) is 0 Å². The van der Waals surface area contributed by atoms with Crippen molar-refractivity contribution in [3.05, 3.63) is 34.9 Å². The minimum absolute atomic E-state index is 0.00359. The number of hydrogen-bond acceptors (Lipinski definition) is 3. The zero-order valence-electron chi connectivity index (χ0n) is 11.1. The van der Waals surface area contributed by atoms with Crippen molar-refractivity contribution in [3.63, 3.8) is 0 Å². The molecule has 1 fully saturated rings. The van der Waals surface area contributed by atoms with Gasteiger partial charge in [0.15, 0.2) is 0 Å². The fourth-order valence-corrected chi connectivity index (χ4v) is 2.71. The molecule has 1 saturated heterocycles. The third kappa shape index (κ3) is 2.96. The van der Waals surface area contributed by atoms with Gasteiger partial charge in [-0.3, -0.25) is 4.79 Å². The van der Waals surface area contributed by atoms with E-state index in [4.69, 9.17) is 4.74 Å². The van der Waals surface area contributed by atoms with Crippen LogP contribution < -0.4 is 10.6 Å². The largest absolute Gasteiger partial charge is 0.376 e. The van der Waals surface area contributed by atoms with Gasteiger partial charge in [-0.15, -0.1) is 0 Å². The number of hydrogen-bond donors (Lipinski definition) is 2. The van der Waals surface area contributed by atoms with E-state index >= 15 is 0 Å². The summed E-state index contributed by atoms with van der Waals surface area (Å²) in [5.41, 5.74) is 3.28. The highest BCUT2D eigenvalue weighted by atomic mass is 16.5. The number of ether oxygens (including phenoxy) is 1. The minimum atomic E-state index is 0.00359. The number of carbonyl (C=O) groups excluding carboxylic acids is 1. The molecule has 2 aliphatic heterocycles. The lowest BCUT2D eigenvalue weighted by Gasteiger charge is -2.22. The standard InChI is InChI=1S/C15H20N2O2/c18-15(17-10-14-3-1-2-6-19-14)11-4-5-12-8-16-9-13(12)7-11/h4-5,7,14,16H,1-3,6,8-10H2,(H,17,18). The van der Waals surface area contributed by atoms with Crippen molar-refractivity contribution >= 4 is 5.91 Å². The molecule has 0 aliphatic carbocycles. The van der Waals surface area contributed by atoms with Crippen LogP contribution in [0.1, 0.15) is 40.7 Å². The van der Waals surface area contributed by atoms with Crippen LogP contribution >= 0.6 is 0 Å². The number of benzene rings is 1. The molecular formula is C15H20N2O2. The number of fused-ring (bicyclic) bond motifs is 1. The first-order valence-electron chi connectivity index (χ1n) is 7.05. The Labute approximate surface area is 113 Å². The first-order chi connectivity index (χ1) is 9.33. The molecule has 1 unspecified atom stereocenters. The summed E-state index contributed by atoms with van der Waals surface area (Å²) in [6.07, 6.45) is 3.58. The molecule has 1 aromatic rings. The van der Waals surface area contributed by atoms with Gasteiger partial charge in [-0.25, -0.2) is 0 Å². The lowest BCUT2D eigenvalue weighted by molar-refractivity contribution is 0.0169. The van der Waals surface area contributed by atoms with E-state index in [9.17, 15) is 4.79 Å². The molecule has 0 aromatic heterocycles. The smallest absolute Gasteiger partial charge is 0.251 e. The molecule has 2 heterocycles. The third-order valence-corrected chi connectivity index (χ3v) is 3.86. The normalized spacial score (nSPS) is 22.0. The van der Waals surface area contributed by atoms with Crippen molar-refractivity contribution in [1.82, 2.24) is 10.6 Å². The van der Waals surface area contributed by atoms with Crippen LogP contribution in [0.5, 0.6) is 0 Å². The Morgan fingerprint density at radius 2 is 2.21 bits per heavy atom. The molecule has 0 radical (unpaired) electrons. The van der Waals surface area contributed by atoms with E-state index in [0.29, 0.717) is 6.54 Å². The van der Waals surface area contributed by atoms with E-state index in [-0.39, 0.29) is 12.0 Å². The minimum Gasteiger partial charge on any atom is -0.376 e. The fourth-order valence-electron chi connectivity index (χ4n) is 2.71. The number of rotatable bonds is 3. The lowest BCUT2D eigenvalue weighted by Crippen LogP contribution is -2.35. The molecule has 4 nitrogen and oxygen atoms in total.